The average molecular weight is 389 g/mol. The van der Waals surface area contributed by atoms with E-state index in [-0.39, 0.29) is 11.9 Å². The number of nitrogens with zero attached hydrogens (tertiary/aromatic N) is 3. The number of ether oxygens (including phenoxy) is 1. The number of nitrogens with one attached hydrogen (secondary N) is 2. The summed E-state index contributed by atoms with van der Waals surface area (Å²) in [5, 5.41) is 16.7. The molecule has 1 saturated heterocycles. The molecule has 0 radical (unpaired) electrons. The molecule has 2 aliphatic heterocycles. The van der Waals surface area contributed by atoms with Crippen LogP contribution in [0.15, 0.2) is 23.2 Å². The van der Waals surface area contributed by atoms with E-state index in [2.05, 4.69) is 20.6 Å². The van der Waals surface area contributed by atoms with Gasteiger partial charge in [0.15, 0.2) is 5.82 Å². The van der Waals surface area contributed by atoms with Gasteiger partial charge in [-0.15, -0.1) is 0 Å². The van der Waals surface area contributed by atoms with Gasteiger partial charge in [-0.3, -0.25) is 9.88 Å². The first-order valence-electron chi connectivity index (χ1n) is 9.49. The minimum Gasteiger partial charge on any atom is -0.444 e. The summed E-state index contributed by atoms with van der Waals surface area (Å²) in [4.78, 5) is 21.8. The molecular weight excluding hydrogens is 365 g/mol. The molecule has 150 valence electrons. The highest BCUT2D eigenvalue weighted by atomic mass is 19.1. The molecule has 0 bridgehead atoms. The summed E-state index contributed by atoms with van der Waals surface area (Å²) in [7, 11) is 0. The number of hydrogen-bond acceptors (Lipinski definition) is 7. The fourth-order valence-corrected chi connectivity index (χ4v) is 3.92. The Morgan fingerprint density at radius 1 is 1.46 bits per heavy atom. The van der Waals surface area contributed by atoms with Crippen LogP contribution in [-0.2, 0) is 17.6 Å². The number of halogens is 1. The summed E-state index contributed by atoms with van der Waals surface area (Å²) < 4.78 is 19.3. The van der Waals surface area contributed by atoms with Crippen molar-refractivity contribution in [3.63, 3.8) is 0 Å². The number of aromatic nitrogens is 1. The lowest BCUT2D eigenvalue weighted by Gasteiger charge is -2.18. The van der Waals surface area contributed by atoms with Crippen LogP contribution in [0.1, 0.15) is 23.2 Å². The van der Waals surface area contributed by atoms with Crippen molar-refractivity contribution < 1.29 is 19.0 Å². The number of carbonyl (C=O) groups is 1. The molecule has 1 amide bonds. The maximum Gasteiger partial charge on any atom is 0.415 e. The Kier molecular flexibility index (Phi) is 5.27. The van der Waals surface area contributed by atoms with Gasteiger partial charge in [0.05, 0.1) is 18.8 Å². The molecule has 9 heteroatoms. The van der Waals surface area contributed by atoms with E-state index < -0.39 is 18.3 Å². The quantitative estimate of drug-likeness (QED) is 0.660. The maximum absolute atomic E-state index is 13.9. The first-order chi connectivity index (χ1) is 13.5. The highest BCUT2D eigenvalue weighted by Crippen LogP contribution is 2.26. The van der Waals surface area contributed by atoms with Gasteiger partial charge in [-0.2, -0.15) is 0 Å². The zero-order valence-electron chi connectivity index (χ0n) is 15.7. The van der Waals surface area contributed by atoms with Crippen molar-refractivity contribution in [1.82, 2.24) is 20.5 Å². The van der Waals surface area contributed by atoms with Crippen LogP contribution in [0.4, 0.5) is 9.18 Å². The minimum absolute atomic E-state index is 0.0671. The first-order valence-corrected chi connectivity index (χ1v) is 9.49. The Balaban J connectivity index is 1.26. The number of amides is 1. The minimum atomic E-state index is -0.674. The van der Waals surface area contributed by atoms with Gasteiger partial charge in [0.2, 0.25) is 0 Å². The Hall–Kier alpha value is -2.52. The molecule has 3 N–H and O–H groups in total. The predicted octanol–water partition coefficient (Wildman–Crippen LogP) is 0.631. The zero-order chi connectivity index (χ0) is 19.7. The van der Waals surface area contributed by atoms with Gasteiger partial charge in [-0.1, -0.05) is 0 Å². The van der Waals surface area contributed by atoms with Gasteiger partial charge < -0.3 is 20.5 Å². The normalized spacial score (nSPS) is 24.6. The van der Waals surface area contributed by atoms with Crippen LogP contribution in [0.3, 0.4) is 0 Å². The van der Waals surface area contributed by atoms with E-state index >= 15 is 0 Å². The fraction of sp³-hybridized carbons (Fsp3) is 0.526. The largest absolute Gasteiger partial charge is 0.444 e. The van der Waals surface area contributed by atoms with E-state index in [0.29, 0.717) is 44.7 Å². The third-order valence-corrected chi connectivity index (χ3v) is 5.35. The number of aliphatic hydroxyl groups is 1. The summed E-state index contributed by atoms with van der Waals surface area (Å²) in [6, 6.07) is 0.0671. The standard InChI is InChI=1S/C19H24FN5O3/c1-11-15-4-12(5-16(15)17(20)8-23-11)24-7-13(26)6-14-10-25(19(27)28-14)18-9-21-2-3-22-18/h3,8-9,12-14,21,24,26H,2,4-7,10H2,1H3. The summed E-state index contributed by atoms with van der Waals surface area (Å²) >= 11 is 0. The van der Waals surface area contributed by atoms with Crippen molar-refractivity contribution in [3.8, 4) is 0 Å². The molecule has 1 aromatic rings. The lowest BCUT2D eigenvalue weighted by Crippen LogP contribution is -2.38. The molecule has 3 unspecified atom stereocenters. The van der Waals surface area contributed by atoms with Crippen LogP contribution in [0, 0.1) is 12.7 Å². The van der Waals surface area contributed by atoms with E-state index in [9.17, 15) is 14.3 Å². The van der Waals surface area contributed by atoms with Crippen molar-refractivity contribution in [3.05, 3.63) is 40.9 Å². The highest BCUT2D eigenvalue weighted by molar-refractivity contribution is 5.73. The molecule has 1 fully saturated rings. The Morgan fingerprint density at radius 3 is 3.04 bits per heavy atom. The summed E-state index contributed by atoms with van der Waals surface area (Å²) in [6.07, 6.45) is 4.72. The Bertz CT molecular complexity index is 797. The number of fused-ring (bicyclic) bond motifs is 1. The predicted molar refractivity (Wildman–Crippen MR) is 100 cm³/mol. The van der Waals surface area contributed by atoms with Gasteiger partial charge >= 0.3 is 6.09 Å². The van der Waals surface area contributed by atoms with E-state index in [4.69, 9.17) is 4.74 Å². The number of pyridine rings is 1. The van der Waals surface area contributed by atoms with Gasteiger partial charge in [-0.05, 0) is 30.9 Å². The molecule has 3 heterocycles. The monoisotopic (exact) mass is 389 g/mol. The lowest BCUT2D eigenvalue weighted by molar-refractivity contribution is 0.0823. The SMILES string of the molecule is Cc1ncc(F)c2c1CC(NCC(O)CC1CN(C3=CNCC=N3)C(=O)O1)C2. The topological polar surface area (TPSA) is 99.1 Å². The van der Waals surface area contributed by atoms with Gasteiger partial charge in [0.1, 0.15) is 11.9 Å². The van der Waals surface area contributed by atoms with Gasteiger partial charge in [0, 0.05) is 43.7 Å². The van der Waals surface area contributed by atoms with Crippen molar-refractivity contribution in [1.29, 1.82) is 0 Å². The molecule has 0 aromatic carbocycles. The first kappa shape index (κ1) is 18.8. The molecule has 0 spiro atoms. The summed E-state index contributed by atoms with van der Waals surface area (Å²) in [5.41, 5.74) is 2.53. The van der Waals surface area contributed by atoms with Crippen LogP contribution in [0.5, 0.6) is 0 Å². The van der Waals surface area contributed by atoms with E-state index in [1.807, 2.05) is 6.92 Å². The van der Waals surface area contributed by atoms with Crippen LogP contribution in [-0.4, -0.2) is 65.2 Å². The van der Waals surface area contributed by atoms with Crippen LogP contribution in [0.2, 0.25) is 0 Å². The molecule has 1 aromatic heterocycles. The number of hydrogen-bond donors (Lipinski definition) is 3. The average Bonchev–Trinajstić information content (AvgIpc) is 3.28. The number of carbonyl (C=O) groups excluding carboxylic acids is 1. The molecule has 28 heavy (non-hydrogen) atoms. The lowest BCUT2D eigenvalue weighted by atomic mass is 10.1. The molecule has 4 rings (SSSR count). The molecule has 1 aliphatic carbocycles. The third-order valence-electron chi connectivity index (χ3n) is 5.35. The molecule has 8 nitrogen and oxygen atoms in total. The molecular formula is C19H24FN5O3. The second kappa shape index (κ2) is 7.84. The maximum atomic E-state index is 13.9. The highest BCUT2D eigenvalue weighted by Gasteiger charge is 2.35. The third kappa shape index (κ3) is 3.85. The van der Waals surface area contributed by atoms with Crippen molar-refractivity contribution in [2.75, 3.05) is 19.6 Å². The van der Waals surface area contributed by atoms with Crippen molar-refractivity contribution >= 4 is 12.3 Å². The number of aryl methyl sites for hydroxylation is 1. The second-order valence-electron chi connectivity index (χ2n) is 7.39. The second-order valence-corrected chi connectivity index (χ2v) is 7.39. The number of aliphatic imine (C=N–C) groups is 1. The van der Waals surface area contributed by atoms with Crippen LogP contribution < -0.4 is 10.6 Å². The van der Waals surface area contributed by atoms with E-state index in [0.717, 1.165) is 16.8 Å². The zero-order valence-corrected chi connectivity index (χ0v) is 15.7. The molecule has 3 aliphatic rings. The van der Waals surface area contributed by atoms with Crippen molar-refractivity contribution in [2.45, 2.75) is 44.4 Å². The van der Waals surface area contributed by atoms with Gasteiger partial charge in [0.25, 0.3) is 0 Å². The Morgan fingerprint density at radius 2 is 2.29 bits per heavy atom. The van der Waals surface area contributed by atoms with Gasteiger partial charge in [-0.25, -0.2) is 14.2 Å². The van der Waals surface area contributed by atoms with Crippen molar-refractivity contribution in [2.24, 2.45) is 4.99 Å². The number of aliphatic hydroxyl groups excluding tert-OH is 1. The summed E-state index contributed by atoms with van der Waals surface area (Å²) in [6.45, 7) is 3.22. The Labute approximate surface area is 162 Å². The van der Waals surface area contributed by atoms with E-state index in [1.54, 1.807) is 12.4 Å². The van der Waals surface area contributed by atoms with Crippen LogP contribution >= 0.6 is 0 Å². The summed E-state index contributed by atoms with van der Waals surface area (Å²) in [5.74, 6) is 0.249. The molecule has 0 saturated carbocycles. The molecule has 3 atom stereocenters. The van der Waals surface area contributed by atoms with E-state index in [1.165, 1.54) is 11.1 Å². The smallest absolute Gasteiger partial charge is 0.415 e. The fourth-order valence-electron chi connectivity index (χ4n) is 3.92. The number of rotatable bonds is 6. The number of cyclic esters (lactones) is 1. The van der Waals surface area contributed by atoms with Crippen LogP contribution in [0.25, 0.3) is 0 Å².